The van der Waals surface area contributed by atoms with Gasteiger partial charge in [-0.05, 0) is 30.4 Å². The molecule has 0 unspecified atom stereocenters. The number of halogens is 3. The summed E-state index contributed by atoms with van der Waals surface area (Å²) in [5.74, 6) is -1.29. The van der Waals surface area contributed by atoms with E-state index in [1.165, 1.54) is 0 Å². The molecular formula is C26H37F3N4O5. The molecule has 0 radical (unpaired) electrons. The number of pyridine rings is 1. The first-order valence-corrected chi connectivity index (χ1v) is 12.8. The second-order valence-electron chi connectivity index (χ2n) is 11.3. The minimum absolute atomic E-state index is 0.0419. The molecule has 2 amide bonds. The number of aromatic nitrogens is 1. The molecule has 38 heavy (non-hydrogen) atoms. The van der Waals surface area contributed by atoms with E-state index in [1.54, 1.807) is 6.20 Å². The van der Waals surface area contributed by atoms with Gasteiger partial charge in [0, 0.05) is 57.8 Å². The normalized spacial score (nSPS) is 24.2. The second kappa shape index (κ2) is 11.9. The molecule has 3 aliphatic heterocycles. The third-order valence-corrected chi connectivity index (χ3v) is 7.16. The van der Waals surface area contributed by atoms with Gasteiger partial charge in [0.1, 0.15) is 5.82 Å². The highest BCUT2D eigenvalue weighted by Crippen LogP contribution is 2.45. The summed E-state index contributed by atoms with van der Waals surface area (Å²) in [6, 6.07) is 5.92. The first-order chi connectivity index (χ1) is 17.7. The number of aliphatic carboxylic acids is 1. The molecule has 3 aliphatic rings. The molecule has 1 aromatic rings. The number of anilines is 1. The minimum Gasteiger partial charge on any atom is -0.475 e. The van der Waals surface area contributed by atoms with E-state index in [1.807, 2.05) is 28.0 Å². The van der Waals surface area contributed by atoms with Gasteiger partial charge >= 0.3 is 12.1 Å². The van der Waals surface area contributed by atoms with Crippen LogP contribution in [-0.2, 0) is 19.1 Å². The molecule has 0 saturated carbocycles. The summed E-state index contributed by atoms with van der Waals surface area (Å²) in [4.78, 5) is 46.7. The van der Waals surface area contributed by atoms with Crippen molar-refractivity contribution in [3.8, 4) is 0 Å². The van der Waals surface area contributed by atoms with Gasteiger partial charge in [-0.2, -0.15) is 13.2 Å². The molecule has 212 valence electrons. The predicted octanol–water partition coefficient (Wildman–Crippen LogP) is 3.05. The van der Waals surface area contributed by atoms with E-state index in [0.29, 0.717) is 45.8 Å². The monoisotopic (exact) mass is 542 g/mol. The molecule has 0 aliphatic carbocycles. The highest BCUT2D eigenvalue weighted by Gasteiger charge is 2.55. The number of carboxylic acids is 1. The molecule has 3 saturated heterocycles. The van der Waals surface area contributed by atoms with Gasteiger partial charge in [0.15, 0.2) is 0 Å². The molecule has 0 bridgehead atoms. The van der Waals surface area contributed by atoms with Gasteiger partial charge in [0.05, 0.1) is 18.6 Å². The lowest BCUT2D eigenvalue weighted by molar-refractivity contribution is -0.192. The molecule has 1 aromatic heterocycles. The Morgan fingerprint density at radius 1 is 1.08 bits per heavy atom. The van der Waals surface area contributed by atoms with Crippen molar-refractivity contribution in [3.05, 3.63) is 24.4 Å². The van der Waals surface area contributed by atoms with Gasteiger partial charge in [-0.25, -0.2) is 9.78 Å². The van der Waals surface area contributed by atoms with Gasteiger partial charge in [-0.15, -0.1) is 0 Å². The van der Waals surface area contributed by atoms with Crippen molar-refractivity contribution in [2.45, 2.75) is 46.2 Å². The molecule has 0 spiro atoms. The highest BCUT2D eigenvalue weighted by atomic mass is 19.4. The summed E-state index contributed by atoms with van der Waals surface area (Å²) in [5, 5.41) is 7.12. The van der Waals surface area contributed by atoms with Gasteiger partial charge in [0.2, 0.25) is 11.8 Å². The maximum Gasteiger partial charge on any atom is 0.490 e. The number of rotatable bonds is 3. The average Bonchev–Trinajstić information content (AvgIpc) is 3.12. The largest absolute Gasteiger partial charge is 0.490 e. The number of fused-ring (bicyclic) bond motifs is 1. The third-order valence-electron chi connectivity index (χ3n) is 7.16. The van der Waals surface area contributed by atoms with Crippen LogP contribution in [0.5, 0.6) is 0 Å². The molecule has 4 rings (SSSR count). The van der Waals surface area contributed by atoms with E-state index in [-0.39, 0.29) is 23.1 Å². The molecule has 3 fully saturated rings. The van der Waals surface area contributed by atoms with Crippen LogP contribution in [-0.4, -0.2) is 96.3 Å². The molecular weight excluding hydrogens is 505 g/mol. The van der Waals surface area contributed by atoms with Crippen molar-refractivity contribution >= 4 is 23.6 Å². The maximum absolute atomic E-state index is 13.9. The summed E-state index contributed by atoms with van der Waals surface area (Å²) >= 11 is 0. The predicted molar refractivity (Wildman–Crippen MR) is 133 cm³/mol. The zero-order valence-electron chi connectivity index (χ0n) is 22.2. The van der Waals surface area contributed by atoms with Gasteiger partial charge in [-0.1, -0.05) is 26.8 Å². The van der Waals surface area contributed by atoms with Gasteiger partial charge in [-0.3, -0.25) is 9.59 Å². The summed E-state index contributed by atoms with van der Waals surface area (Å²) < 4.78 is 37.2. The number of carbonyl (C=O) groups is 3. The maximum atomic E-state index is 13.9. The molecule has 0 aromatic carbocycles. The third kappa shape index (κ3) is 7.36. The number of likely N-dealkylation sites (tertiary alicyclic amines) is 1. The van der Waals surface area contributed by atoms with Gasteiger partial charge in [0.25, 0.3) is 0 Å². The van der Waals surface area contributed by atoms with Crippen LogP contribution in [0.4, 0.5) is 19.0 Å². The number of carbonyl (C=O) groups excluding carboxylic acids is 2. The topological polar surface area (TPSA) is 103 Å². The first kappa shape index (κ1) is 29.7. The fourth-order valence-electron chi connectivity index (χ4n) is 5.37. The zero-order chi connectivity index (χ0) is 28.1. The van der Waals surface area contributed by atoms with Crippen molar-refractivity contribution in [3.63, 3.8) is 0 Å². The smallest absolute Gasteiger partial charge is 0.475 e. The lowest BCUT2D eigenvalue weighted by Crippen LogP contribution is -2.53. The lowest BCUT2D eigenvalue weighted by atomic mass is 9.73. The summed E-state index contributed by atoms with van der Waals surface area (Å²) in [6.45, 7) is 11.7. The average molecular weight is 543 g/mol. The quantitative estimate of drug-likeness (QED) is 0.626. The number of hydrogen-bond acceptors (Lipinski definition) is 6. The van der Waals surface area contributed by atoms with Crippen LogP contribution in [0.25, 0.3) is 0 Å². The lowest BCUT2D eigenvalue weighted by Gasteiger charge is -2.39. The second-order valence-corrected chi connectivity index (χ2v) is 11.3. The number of hydrogen-bond donors (Lipinski definition) is 1. The summed E-state index contributed by atoms with van der Waals surface area (Å²) in [5.41, 5.74) is -0.509. The first-order valence-electron chi connectivity index (χ1n) is 12.8. The Hall–Kier alpha value is -2.89. The van der Waals surface area contributed by atoms with E-state index in [0.717, 1.165) is 31.7 Å². The molecule has 4 heterocycles. The summed E-state index contributed by atoms with van der Waals surface area (Å²) in [6.07, 6.45) is -1.07. The number of alkyl halides is 3. The standard InChI is InChI=1S/C24H36N4O3.C2HF3O2/c1-23(2,3)15-21(29)27-10-6-8-24(22(30)26-11-13-31-14-12-26)18-28(17-19(24)16-27)20-7-4-5-9-25-20;3-2(4,5)1(6)7/h4-5,7,9,19H,6,8,10-18H2,1-3H3;(H,6,7)/t19-,24-;/m0./s1. The van der Waals surface area contributed by atoms with Crippen LogP contribution in [0.15, 0.2) is 24.4 Å². The van der Waals surface area contributed by atoms with Crippen LogP contribution >= 0.6 is 0 Å². The number of amides is 2. The zero-order valence-corrected chi connectivity index (χ0v) is 22.2. The Morgan fingerprint density at radius 2 is 1.74 bits per heavy atom. The van der Waals surface area contributed by atoms with Crippen LogP contribution in [0.2, 0.25) is 0 Å². The van der Waals surface area contributed by atoms with E-state index in [2.05, 4.69) is 30.7 Å². The van der Waals surface area contributed by atoms with E-state index < -0.39 is 17.6 Å². The number of nitrogens with zero attached hydrogens (tertiary/aromatic N) is 4. The Bertz CT molecular complexity index is 979. The van der Waals surface area contributed by atoms with Crippen LogP contribution in [0, 0.1) is 16.7 Å². The Morgan fingerprint density at radius 3 is 2.29 bits per heavy atom. The molecule has 1 N–H and O–H groups in total. The van der Waals surface area contributed by atoms with E-state index >= 15 is 0 Å². The van der Waals surface area contributed by atoms with Crippen molar-refractivity contribution in [2.24, 2.45) is 16.7 Å². The Balaban J connectivity index is 0.000000505. The van der Waals surface area contributed by atoms with Crippen LogP contribution in [0.3, 0.4) is 0 Å². The minimum atomic E-state index is -5.08. The number of morpholine rings is 1. The van der Waals surface area contributed by atoms with Gasteiger partial charge < -0.3 is 24.5 Å². The number of carboxylic acid groups (broad SMARTS) is 1. The SMILES string of the molecule is CC(C)(C)CC(=O)N1CCC[C@]2(C(=O)N3CCOCC3)CN(c3ccccn3)C[C@@H]2C1.O=C(O)C(F)(F)F. The van der Waals surface area contributed by atoms with Crippen molar-refractivity contribution in [1.82, 2.24) is 14.8 Å². The van der Waals surface area contributed by atoms with Crippen molar-refractivity contribution in [2.75, 3.05) is 57.4 Å². The van der Waals surface area contributed by atoms with Crippen LogP contribution in [0.1, 0.15) is 40.0 Å². The highest BCUT2D eigenvalue weighted by molar-refractivity contribution is 5.85. The van der Waals surface area contributed by atoms with Crippen LogP contribution < -0.4 is 4.90 Å². The number of ether oxygens (including phenoxy) is 1. The fourth-order valence-corrected chi connectivity index (χ4v) is 5.37. The Labute approximate surface area is 220 Å². The van der Waals surface area contributed by atoms with Crippen molar-refractivity contribution < 1.29 is 37.4 Å². The molecule has 12 heteroatoms. The van der Waals surface area contributed by atoms with Crippen molar-refractivity contribution in [1.29, 1.82) is 0 Å². The molecule has 9 nitrogen and oxygen atoms in total. The van der Waals surface area contributed by atoms with E-state index in [9.17, 15) is 22.8 Å². The molecule has 2 atom stereocenters. The van der Waals surface area contributed by atoms with E-state index in [4.69, 9.17) is 14.6 Å². The Kier molecular flexibility index (Phi) is 9.27. The summed E-state index contributed by atoms with van der Waals surface area (Å²) in [7, 11) is 0. The fraction of sp³-hybridized carbons (Fsp3) is 0.692.